The minimum Gasteiger partial charge on any atom is -0.469 e. The Bertz CT molecular complexity index is 393. The molecule has 0 fully saturated rings. The third-order valence-corrected chi connectivity index (χ3v) is 3.72. The van der Waals surface area contributed by atoms with Crippen molar-refractivity contribution in [1.29, 1.82) is 0 Å². The normalized spacial score (nSPS) is 12.5. The van der Waals surface area contributed by atoms with E-state index in [4.69, 9.17) is 4.74 Å². The van der Waals surface area contributed by atoms with E-state index in [9.17, 15) is 4.79 Å². The molecule has 1 rings (SSSR count). The summed E-state index contributed by atoms with van der Waals surface area (Å²) in [5, 5.41) is 3.31. The Balaban J connectivity index is 2.49. The van der Waals surface area contributed by atoms with Gasteiger partial charge in [0.25, 0.3) is 0 Å². The van der Waals surface area contributed by atoms with Crippen molar-refractivity contribution in [2.75, 3.05) is 13.7 Å². The quantitative estimate of drug-likeness (QED) is 0.821. The van der Waals surface area contributed by atoms with Crippen LogP contribution in [0.3, 0.4) is 0 Å². The number of nitrogens with one attached hydrogen (secondary N) is 1. The molecule has 1 unspecified atom stereocenters. The fourth-order valence-electron chi connectivity index (χ4n) is 1.75. The van der Waals surface area contributed by atoms with E-state index in [-0.39, 0.29) is 17.8 Å². The molecule has 100 valence electrons. The van der Waals surface area contributed by atoms with E-state index in [0.717, 1.165) is 11.0 Å². The van der Waals surface area contributed by atoms with Crippen LogP contribution in [0.25, 0.3) is 0 Å². The van der Waals surface area contributed by atoms with Crippen molar-refractivity contribution < 1.29 is 9.53 Å². The Morgan fingerprint density at radius 3 is 2.61 bits per heavy atom. The highest BCUT2D eigenvalue weighted by Gasteiger charge is 2.22. The molecule has 0 aliphatic rings. The molecule has 1 aromatic rings. The summed E-state index contributed by atoms with van der Waals surface area (Å²) in [4.78, 5) is 11.6. The molecule has 0 radical (unpaired) electrons. The molecule has 0 aliphatic carbocycles. The number of ether oxygens (including phenoxy) is 1. The van der Waals surface area contributed by atoms with Crippen molar-refractivity contribution in [2.45, 2.75) is 20.4 Å². The van der Waals surface area contributed by atoms with Crippen molar-refractivity contribution in [3.05, 3.63) is 34.3 Å². The Labute approximate surface area is 117 Å². The van der Waals surface area contributed by atoms with Gasteiger partial charge in [0.1, 0.15) is 0 Å². The highest BCUT2D eigenvalue weighted by Crippen LogP contribution is 2.16. The van der Waals surface area contributed by atoms with Gasteiger partial charge in [0, 0.05) is 17.6 Å². The van der Waals surface area contributed by atoms with Crippen molar-refractivity contribution >= 4 is 21.9 Å². The van der Waals surface area contributed by atoms with Crippen LogP contribution < -0.4 is 5.32 Å². The lowest BCUT2D eigenvalue weighted by molar-refractivity contribution is -0.146. The number of rotatable bonds is 6. The number of esters is 1. The Kier molecular flexibility index (Phi) is 6.36. The Morgan fingerprint density at radius 1 is 1.39 bits per heavy atom. The Hall–Kier alpha value is -0.870. The lowest BCUT2D eigenvalue weighted by Gasteiger charge is -2.19. The SMILES string of the molecule is COC(=O)C(CNCc1ccccc1Br)C(C)C. The van der Waals surface area contributed by atoms with Crippen LogP contribution in [0.15, 0.2) is 28.7 Å². The maximum absolute atomic E-state index is 11.6. The zero-order valence-electron chi connectivity index (χ0n) is 11.1. The standard InChI is InChI=1S/C14H20BrNO2/c1-10(2)12(14(17)18-3)9-16-8-11-6-4-5-7-13(11)15/h4-7,10,12,16H,8-9H2,1-3H3. The molecule has 0 saturated heterocycles. The lowest BCUT2D eigenvalue weighted by atomic mass is 9.96. The number of methoxy groups -OCH3 is 1. The predicted molar refractivity (Wildman–Crippen MR) is 76.2 cm³/mol. The van der Waals surface area contributed by atoms with Gasteiger partial charge in [-0.3, -0.25) is 4.79 Å². The van der Waals surface area contributed by atoms with E-state index in [1.165, 1.54) is 12.7 Å². The molecule has 1 aromatic carbocycles. The van der Waals surface area contributed by atoms with Crippen molar-refractivity contribution in [1.82, 2.24) is 5.32 Å². The molecule has 3 nitrogen and oxygen atoms in total. The first-order valence-corrected chi connectivity index (χ1v) is 6.87. The van der Waals surface area contributed by atoms with Gasteiger partial charge in [-0.2, -0.15) is 0 Å². The molecule has 0 saturated carbocycles. The number of carbonyl (C=O) groups excluding carboxylic acids is 1. The number of hydrogen-bond donors (Lipinski definition) is 1. The van der Waals surface area contributed by atoms with Gasteiger partial charge in [0.2, 0.25) is 0 Å². The molecule has 4 heteroatoms. The molecule has 0 amide bonds. The number of benzene rings is 1. The van der Waals surface area contributed by atoms with Gasteiger partial charge in [-0.05, 0) is 17.5 Å². The second kappa shape index (κ2) is 7.54. The highest BCUT2D eigenvalue weighted by atomic mass is 79.9. The topological polar surface area (TPSA) is 38.3 Å². The third-order valence-electron chi connectivity index (χ3n) is 2.95. The summed E-state index contributed by atoms with van der Waals surface area (Å²) in [6, 6.07) is 8.05. The van der Waals surface area contributed by atoms with E-state index in [1.54, 1.807) is 0 Å². The monoisotopic (exact) mass is 313 g/mol. The minimum atomic E-state index is -0.148. The average molecular weight is 314 g/mol. The van der Waals surface area contributed by atoms with Crippen LogP contribution in [-0.2, 0) is 16.1 Å². The van der Waals surface area contributed by atoms with Crippen LogP contribution in [0.4, 0.5) is 0 Å². The maximum atomic E-state index is 11.6. The first-order valence-electron chi connectivity index (χ1n) is 6.08. The van der Waals surface area contributed by atoms with E-state index < -0.39 is 0 Å². The summed E-state index contributed by atoms with van der Waals surface area (Å²) in [6.45, 7) is 5.43. The first-order chi connectivity index (χ1) is 8.56. The molecule has 0 aliphatic heterocycles. The van der Waals surface area contributed by atoms with Crippen LogP contribution in [-0.4, -0.2) is 19.6 Å². The van der Waals surface area contributed by atoms with Crippen molar-refractivity contribution in [3.8, 4) is 0 Å². The van der Waals surface area contributed by atoms with Crippen LogP contribution in [0, 0.1) is 11.8 Å². The fourth-order valence-corrected chi connectivity index (χ4v) is 2.17. The second-order valence-electron chi connectivity index (χ2n) is 4.60. The van der Waals surface area contributed by atoms with Gasteiger partial charge < -0.3 is 10.1 Å². The van der Waals surface area contributed by atoms with E-state index >= 15 is 0 Å². The zero-order valence-corrected chi connectivity index (χ0v) is 12.7. The van der Waals surface area contributed by atoms with Gasteiger partial charge in [0.15, 0.2) is 0 Å². The number of hydrogen-bond acceptors (Lipinski definition) is 3. The molecule has 0 bridgehead atoms. The van der Waals surface area contributed by atoms with Crippen LogP contribution in [0.5, 0.6) is 0 Å². The second-order valence-corrected chi connectivity index (χ2v) is 5.45. The third kappa shape index (κ3) is 4.42. The molecular weight excluding hydrogens is 294 g/mol. The summed E-state index contributed by atoms with van der Waals surface area (Å²) in [5.41, 5.74) is 1.19. The van der Waals surface area contributed by atoms with Crippen molar-refractivity contribution in [2.24, 2.45) is 11.8 Å². The van der Waals surface area contributed by atoms with Gasteiger partial charge in [-0.1, -0.05) is 48.0 Å². The molecular formula is C14H20BrNO2. The fraction of sp³-hybridized carbons (Fsp3) is 0.500. The smallest absolute Gasteiger partial charge is 0.310 e. The van der Waals surface area contributed by atoms with Gasteiger partial charge in [-0.25, -0.2) is 0 Å². The summed E-state index contributed by atoms with van der Waals surface area (Å²) in [7, 11) is 1.44. The first kappa shape index (κ1) is 15.2. The lowest BCUT2D eigenvalue weighted by Crippen LogP contribution is -2.32. The molecule has 0 spiro atoms. The predicted octanol–water partition coefficient (Wildman–Crippen LogP) is 2.98. The van der Waals surface area contributed by atoms with Crippen LogP contribution >= 0.6 is 15.9 Å². The molecule has 0 aromatic heterocycles. The van der Waals surface area contributed by atoms with Crippen molar-refractivity contribution in [3.63, 3.8) is 0 Å². The molecule has 1 atom stereocenters. The van der Waals surface area contributed by atoms with Gasteiger partial charge in [0.05, 0.1) is 13.0 Å². The average Bonchev–Trinajstić information content (AvgIpc) is 2.35. The summed E-state index contributed by atoms with van der Waals surface area (Å²) in [6.07, 6.45) is 0. The van der Waals surface area contributed by atoms with Gasteiger partial charge in [-0.15, -0.1) is 0 Å². The molecule has 0 heterocycles. The summed E-state index contributed by atoms with van der Waals surface area (Å²) in [5.74, 6) is 0.0197. The highest BCUT2D eigenvalue weighted by molar-refractivity contribution is 9.10. The van der Waals surface area contributed by atoms with Crippen LogP contribution in [0.1, 0.15) is 19.4 Å². The molecule has 1 N–H and O–H groups in total. The minimum absolute atomic E-state index is 0.0995. The number of halogens is 1. The van der Waals surface area contributed by atoms with E-state index in [2.05, 4.69) is 27.3 Å². The molecule has 18 heavy (non-hydrogen) atoms. The number of carbonyl (C=O) groups is 1. The Morgan fingerprint density at radius 2 is 2.06 bits per heavy atom. The van der Waals surface area contributed by atoms with Gasteiger partial charge >= 0.3 is 5.97 Å². The summed E-state index contributed by atoms with van der Waals surface area (Å²) < 4.78 is 5.89. The van der Waals surface area contributed by atoms with E-state index in [1.807, 2.05) is 32.0 Å². The summed E-state index contributed by atoms with van der Waals surface area (Å²) >= 11 is 3.50. The largest absolute Gasteiger partial charge is 0.469 e. The van der Waals surface area contributed by atoms with Crippen LogP contribution in [0.2, 0.25) is 0 Å². The van der Waals surface area contributed by atoms with E-state index in [0.29, 0.717) is 6.54 Å². The zero-order chi connectivity index (χ0) is 13.5. The maximum Gasteiger partial charge on any atom is 0.310 e.